The summed E-state index contributed by atoms with van der Waals surface area (Å²) in [5.74, 6) is 0.113. The highest BCUT2D eigenvalue weighted by molar-refractivity contribution is 7.89. The highest BCUT2D eigenvalue weighted by Gasteiger charge is 2.30. The van der Waals surface area contributed by atoms with E-state index in [1.54, 1.807) is 24.0 Å². The van der Waals surface area contributed by atoms with E-state index in [1.807, 2.05) is 12.1 Å². The van der Waals surface area contributed by atoms with Crippen LogP contribution in [0.1, 0.15) is 47.7 Å². The third-order valence-electron chi connectivity index (χ3n) is 5.87. The van der Waals surface area contributed by atoms with Gasteiger partial charge in [0, 0.05) is 43.4 Å². The van der Waals surface area contributed by atoms with Crippen LogP contribution in [0.5, 0.6) is 0 Å². The van der Waals surface area contributed by atoms with E-state index < -0.39 is 14.9 Å². The first kappa shape index (κ1) is 22.9. The zero-order valence-corrected chi connectivity index (χ0v) is 18.8. The summed E-state index contributed by atoms with van der Waals surface area (Å²) in [5.41, 5.74) is 1.85. The molecule has 0 aromatic heterocycles. The van der Waals surface area contributed by atoms with Gasteiger partial charge in [0.1, 0.15) is 0 Å². The number of rotatable bonds is 6. The molecule has 8 nitrogen and oxygen atoms in total. The SMILES string of the molecule is CCC(C)c1ccc(S(=O)(=O)N2CCN(C(=O)c3ccc([N+](=O)[O-])c(C)c3)CC2)cc1. The van der Waals surface area contributed by atoms with Gasteiger partial charge < -0.3 is 4.90 Å². The third-order valence-corrected chi connectivity index (χ3v) is 7.78. The fourth-order valence-corrected chi connectivity index (χ4v) is 5.08. The number of carbonyl (C=O) groups is 1. The van der Waals surface area contributed by atoms with Crippen LogP contribution in [-0.2, 0) is 10.0 Å². The average Bonchev–Trinajstić information content (AvgIpc) is 2.77. The molecule has 1 aliphatic rings. The lowest BCUT2D eigenvalue weighted by molar-refractivity contribution is -0.385. The molecule has 9 heteroatoms. The van der Waals surface area contributed by atoms with Crippen molar-refractivity contribution in [3.8, 4) is 0 Å². The van der Waals surface area contributed by atoms with Crippen molar-refractivity contribution in [1.82, 2.24) is 9.21 Å². The number of sulfonamides is 1. The number of carbonyl (C=O) groups excluding carboxylic acids is 1. The van der Waals surface area contributed by atoms with Gasteiger partial charge in [-0.15, -0.1) is 0 Å². The van der Waals surface area contributed by atoms with Crippen molar-refractivity contribution >= 4 is 21.6 Å². The molecule has 1 atom stereocenters. The molecule has 2 aromatic rings. The van der Waals surface area contributed by atoms with Crippen LogP contribution in [0.4, 0.5) is 5.69 Å². The first-order valence-corrected chi connectivity index (χ1v) is 11.7. The zero-order valence-electron chi connectivity index (χ0n) is 17.9. The highest BCUT2D eigenvalue weighted by atomic mass is 32.2. The monoisotopic (exact) mass is 445 g/mol. The van der Waals surface area contributed by atoms with E-state index >= 15 is 0 Å². The fourth-order valence-electron chi connectivity index (χ4n) is 3.66. The molecule has 1 unspecified atom stereocenters. The maximum atomic E-state index is 13.0. The van der Waals surface area contributed by atoms with Crippen molar-refractivity contribution in [3.05, 3.63) is 69.3 Å². The van der Waals surface area contributed by atoms with Crippen LogP contribution in [0.25, 0.3) is 0 Å². The Bertz CT molecular complexity index is 1070. The van der Waals surface area contributed by atoms with E-state index in [4.69, 9.17) is 0 Å². The van der Waals surface area contributed by atoms with Crippen LogP contribution in [-0.4, -0.2) is 54.6 Å². The van der Waals surface area contributed by atoms with E-state index in [1.165, 1.54) is 22.5 Å². The third kappa shape index (κ3) is 4.77. The lowest BCUT2D eigenvalue weighted by Crippen LogP contribution is -2.50. The molecular weight excluding hydrogens is 418 g/mol. The minimum atomic E-state index is -3.63. The largest absolute Gasteiger partial charge is 0.336 e. The number of nitro groups is 1. The summed E-state index contributed by atoms with van der Waals surface area (Å²) in [4.78, 5) is 25.1. The maximum absolute atomic E-state index is 13.0. The van der Waals surface area contributed by atoms with E-state index in [0.717, 1.165) is 12.0 Å². The molecule has 3 rings (SSSR count). The molecule has 2 aromatic carbocycles. The van der Waals surface area contributed by atoms with Crippen LogP contribution < -0.4 is 0 Å². The van der Waals surface area contributed by atoms with Gasteiger partial charge in [-0.3, -0.25) is 14.9 Å². The first-order chi connectivity index (χ1) is 14.6. The molecule has 0 radical (unpaired) electrons. The molecule has 0 aliphatic carbocycles. The molecule has 0 N–H and O–H groups in total. The predicted molar refractivity (Wildman–Crippen MR) is 118 cm³/mol. The van der Waals surface area contributed by atoms with Crippen molar-refractivity contribution in [2.75, 3.05) is 26.2 Å². The summed E-state index contributed by atoms with van der Waals surface area (Å²) in [6.45, 7) is 6.71. The molecule has 1 saturated heterocycles. The van der Waals surface area contributed by atoms with Crippen LogP contribution in [0.3, 0.4) is 0 Å². The van der Waals surface area contributed by atoms with Crippen LogP contribution in [0.2, 0.25) is 0 Å². The molecule has 0 bridgehead atoms. The number of piperazine rings is 1. The lowest BCUT2D eigenvalue weighted by atomic mass is 9.99. The predicted octanol–water partition coefficient (Wildman–Crippen LogP) is 3.56. The number of amides is 1. The van der Waals surface area contributed by atoms with Crippen LogP contribution in [0, 0.1) is 17.0 Å². The summed E-state index contributed by atoms with van der Waals surface area (Å²) >= 11 is 0. The van der Waals surface area contributed by atoms with Gasteiger partial charge in [-0.1, -0.05) is 26.0 Å². The average molecular weight is 446 g/mol. The van der Waals surface area contributed by atoms with Crippen molar-refractivity contribution in [1.29, 1.82) is 0 Å². The van der Waals surface area contributed by atoms with Crippen molar-refractivity contribution in [2.24, 2.45) is 0 Å². The zero-order chi connectivity index (χ0) is 22.8. The normalized spacial score (nSPS) is 16.2. The van der Waals surface area contributed by atoms with Gasteiger partial charge >= 0.3 is 0 Å². The van der Waals surface area contributed by atoms with E-state index in [0.29, 0.717) is 17.0 Å². The van der Waals surface area contributed by atoms with Gasteiger partial charge in [-0.2, -0.15) is 4.31 Å². The highest BCUT2D eigenvalue weighted by Crippen LogP contribution is 2.24. The molecule has 1 fully saturated rings. The summed E-state index contributed by atoms with van der Waals surface area (Å²) in [5, 5.41) is 11.0. The molecule has 166 valence electrons. The van der Waals surface area contributed by atoms with E-state index in [2.05, 4.69) is 13.8 Å². The van der Waals surface area contributed by atoms with E-state index in [-0.39, 0.29) is 42.7 Å². The smallest absolute Gasteiger partial charge is 0.272 e. The van der Waals surface area contributed by atoms with Crippen LogP contribution in [0.15, 0.2) is 47.4 Å². The summed E-state index contributed by atoms with van der Waals surface area (Å²) in [6, 6.07) is 11.3. The topological polar surface area (TPSA) is 101 Å². The minimum Gasteiger partial charge on any atom is -0.336 e. The van der Waals surface area contributed by atoms with Crippen LogP contribution >= 0.6 is 0 Å². The van der Waals surface area contributed by atoms with Crippen molar-refractivity contribution in [3.63, 3.8) is 0 Å². The molecule has 31 heavy (non-hydrogen) atoms. The first-order valence-electron chi connectivity index (χ1n) is 10.3. The van der Waals surface area contributed by atoms with Gasteiger partial charge in [0.25, 0.3) is 11.6 Å². The number of aryl methyl sites for hydroxylation is 1. The molecule has 1 aliphatic heterocycles. The Morgan fingerprint density at radius 2 is 1.71 bits per heavy atom. The number of nitrogens with zero attached hydrogens (tertiary/aromatic N) is 3. The van der Waals surface area contributed by atoms with Gasteiger partial charge in [0.15, 0.2) is 0 Å². The Morgan fingerprint density at radius 1 is 1.10 bits per heavy atom. The Labute approximate surface area is 182 Å². The van der Waals surface area contributed by atoms with Gasteiger partial charge in [0.2, 0.25) is 10.0 Å². The van der Waals surface area contributed by atoms with Crippen molar-refractivity contribution < 1.29 is 18.1 Å². The second-order valence-corrected chi connectivity index (χ2v) is 9.77. The number of hydrogen-bond donors (Lipinski definition) is 0. The number of hydrogen-bond acceptors (Lipinski definition) is 5. The van der Waals surface area contributed by atoms with E-state index in [9.17, 15) is 23.3 Å². The standard InChI is InChI=1S/C22H27N3O5S/c1-4-16(2)18-5-8-20(9-6-18)31(29,30)24-13-11-23(12-14-24)22(26)19-7-10-21(25(27)28)17(3)15-19/h5-10,15-16H,4,11-14H2,1-3H3. The quantitative estimate of drug-likeness (QED) is 0.500. The second kappa shape index (κ2) is 9.15. The Morgan fingerprint density at radius 3 is 2.23 bits per heavy atom. The minimum absolute atomic E-state index is 0.0354. The fraction of sp³-hybridized carbons (Fsp3) is 0.409. The molecule has 1 heterocycles. The molecular formula is C22H27N3O5S. The maximum Gasteiger partial charge on any atom is 0.272 e. The molecule has 0 saturated carbocycles. The molecule has 0 spiro atoms. The lowest BCUT2D eigenvalue weighted by Gasteiger charge is -2.34. The molecule has 1 amide bonds. The number of benzene rings is 2. The Balaban J connectivity index is 1.67. The second-order valence-electron chi connectivity index (χ2n) is 7.83. The van der Waals surface area contributed by atoms with Gasteiger partial charge in [-0.25, -0.2) is 8.42 Å². The summed E-state index contributed by atoms with van der Waals surface area (Å²) in [6.07, 6.45) is 0.983. The van der Waals surface area contributed by atoms with Gasteiger partial charge in [-0.05, 0) is 49.1 Å². The van der Waals surface area contributed by atoms with Gasteiger partial charge in [0.05, 0.1) is 9.82 Å². The summed E-state index contributed by atoms with van der Waals surface area (Å²) < 4.78 is 27.4. The Kier molecular flexibility index (Phi) is 6.76. The Hall–Kier alpha value is -2.78. The summed E-state index contributed by atoms with van der Waals surface area (Å²) in [7, 11) is -3.63. The number of nitro benzene ring substituents is 1. The van der Waals surface area contributed by atoms with Crippen molar-refractivity contribution in [2.45, 2.75) is 38.0 Å².